The van der Waals surface area contributed by atoms with E-state index in [1.807, 2.05) is 30.3 Å². The van der Waals surface area contributed by atoms with Gasteiger partial charge in [-0.1, -0.05) is 17.7 Å². The molecule has 0 radical (unpaired) electrons. The molecule has 0 atom stereocenters. The molecule has 0 fully saturated rings. The highest BCUT2D eigenvalue weighted by molar-refractivity contribution is 6.30. The van der Waals surface area contributed by atoms with Gasteiger partial charge in [0.2, 0.25) is 0 Å². The van der Waals surface area contributed by atoms with Crippen LogP contribution in [0.2, 0.25) is 5.02 Å². The molecule has 1 heterocycles. The van der Waals surface area contributed by atoms with Crippen molar-refractivity contribution in [3.8, 4) is 17.1 Å². The molecule has 17 heavy (non-hydrogen) atoms. The van der Waals surface area contributed by atoms with E-state index >= 15 is 0 Å². The lowest BCUT2D eigenvalue weighted by molar-refractivity contribution is 0.480. The van der Waals surface area contributed by atoms with Crippen LogP contribution in [0, 0.1) is 0 Å². The molecule has 3 nitrogen and oxygen atoms in total. The van der Waals surface area contributed by atoms with E-state index in [1.54, 1.807) is 12.1 Å². The number of aromatic hydroxyl groups is 1. The Hall–Kier alpha value is -2.00. The van der Waals surface area contributed by atoms with Gasteiger partial charge in [-0.05, 0) is 36.4 Å². The predicted octanol–water partition coefficient (Wildman–Crippen LogP) is 3.59. The lowest BCUT2D eigenvalue weighted by Gasteiger charge is -1.95. The number of halogens is 1. The van der Waals surface area contributed by atoms with Crippen molar-refractivity contribution in [3.05, 3.63) is 47.5 Å². The summed E-state index contributed by atoms with van der Waals surface area (Å²) in [5, 5.41) is 10.4. The van der Waals surface area contributed by atoms with Crippen molar-refractivity contribution in [1.29, 1.82) is 0 Å². The summed E-state index contributed by atoms with van der Waals surface area (Å²) >= 11 is 5.83. The summed E-state index contributed by atoms with van der Waals surface area (Å²) in [6.07, 6.45) is 0. The summed E-state index contributed by atoms with van der Waals surface area (Å²) in [4.78, 5) is 7.52. The number of imidazole rings is 1. The number of fused-ring (bicyclic) bond motifs is 1. The molecule has 2 N–H and O–H groups in total. The van der Waals surface area contributed by atoms with Crippen LogP contribution in [0.15, 0.2) is 42.5 Å². The number of nitrogens with one attached hydrogen (secondary N) is 1. The third-order valence-corrected chi connectivity index (χ3v) is 2.86. The summed E-state index contributed by atoms with van der Waals surface area (Å²) in [5.74, 6) is 0.900. The largest absolute Gasteiger partial charge is 0.506 e. The highest BCUT2D eigenvalue weighted by atomic mass is 35.5. The van der Waals surface area contributed by atoms with Crippen LogP contribution in [0.5, 0.6) is 5.75 Å². The van der Waals surface area contributed by atoms with Crippen LogP contribution in [0.4, 0.5) is 0 Å². The number of phenolic OH excluding ortho intramolecular Hbond substituents is 1. The molecular formula is C13H9ClN2O. The van der Waals surface area contributed by atoms with Crippen molar-refractivity contribution in [2.75, 3.05) is 0 Å². The lowest BCUT2D eigenvalue weighted by Crippen LogP contribution is -1.78. The number of aromatic amines is 1. The molecule has 0 saturated heterocycles. The van der Waals surface area contributed by atoms with Gasteiger partial charge in [0.15, 0.2) is 0 Å². The molecule has 2 aromatic carbocycles. The van der Waals surface area contributed by atoms with Crippen molar-refractivity contribution in [3.63, 3.8) is 0 Å². The van der Waals surface area contributed by atoms with Crippen molar-refractivity contribution < 1.29 is 5.11 Å². The van der Waals surface area contributed by atoms with Gasteiger partial charge in [0, 0.05) is 10.6 Å². The molecule has 0 aliphatic heterocycles. The van der Waals surface area contributed by atoms with Crippen LogP contribution in [0.1, 0.15) is 0 Å². The zero-order chi connectivity index (χ0) is 11.8. The molecule has 0 spiro atoms. The van der Waals surface area contributed by atoms with Gasteiger partial charge in [0.25, 0.3) is 0 Å². The number of rotatable bonds is 1. The predicted molar refractivity (Wildman–Crippen MR) is 68.2 cm³/mol. The number of para-hydroxylation sites is 1. The van der Waals surface area contributed by atoms with Gasteiger partial charge in [-0.3, -0.25) is 0 Å². The van der Waals surface area contributed by atoms with E-state index in [1.165, 1.54) is 0 Å². The fraction of sp³-hybridized carbons (Fsp3) is 0. The number of hydrogen-bond acceptors (Lipinski definition) is 2. The van der Waals surface area contributed by atoms with Crippen molar-refractivity contribution >= 4 is 22.6 Å². The van der Waals surface area contributed by atoms with E-state index in [-0.39, 0.29) is 5.75 Å². The fourth-order valence-corrected chi connectivity index (χ4v) is 1.89. The number of phenols is 1. The first-order valence-electron chi connectivity index (χ1n) is 5.18. The minimum Gasteiger partial charge on any atom is -0.506 e. The Bertz CT molecular complexity index is 673. The van der Waals surface area contributed by atoms with Gasteiger partial charge in [-0.25, -0.2) is 4.98 Å². The first-order valence-corrected chi connectivity index (χ1v) is 5.55. The molecule has 1 aromatic heterocycles. The average molecular weight is 245 g/mol. The van der Waals surface area contributed by atoms with Crippen LogP contribution in [0.3, 0.4) is 0 Å². The van der Waals surface area contributed by atoms with Crippen LogP contribution >= 0.6 is 11.6 Å². The van der Waals surface area contributed by atoms with E-state index in [0.717, 1.165) is 16.9 Å². The van der Waals surface area contributed by atoms with Gasteiger partial charge in [0.1, 0.15) is 17.1 Å². The minimum atomic E-state index is 0.180. The summed E-state index contributed by atoms with van der Waals surface area (Å²) < 4.78 is 0. The van der Waals surface area contributed by atoms with Crippen LogP contribution in [0.25, 0.3) is 22.4 Å². The minimum absolute atomic E-state index is 0.180. The summed E-state index contributed by atoms with van der Waals surface area (Å²) in [7, 11) is 0. The molecule has 0 aliphatic carbocycles. The molecule has 3 rings (SSSR count). The fourth-order valence-electron chi connectivity index (χ4n) is 1.76. The second kappa shape index (κ2) is 3.79. The van der Waals surface area contributed by atoms with Gasteiger partial charge in [0.05, 0.1) is 5.52 Å². The Morgan fingerprint density at radius 3 is 2.53 bits per heavy atom. The van der Waals surface area contributed by atoms with Crippen LogP contribution in [-0.2, 0) is 0 Å². The summed E-state index contributed by atoms with van der Waals surface area (Å²) in [6, 6.07) is 12.7. The van der Waals surface area contributed by atoms with E-state index in [9.17, 15) is 5.11 Å². The van der Waals surface area contributed by atoms with Crippen LogP contribution in [-0.4, -0.2) is 15.1 Å². The van der Waals surface area contributed by atoms with Crippen molar-refractivity contribution in [1.82, 2.24) is 9.97 Å². The quantitative estimate of drug-likeness (QED) is 0.687. The zero-order valence-electron chi connectivity index (χ0n) is 8.81. The molecule has 0 amide bonds. The third-order valence-electron chi connectivity index (χ3n) is 2.61. The molecular weight excluding hydrogens is 236 g/mol. The number of aromatic nitrogens is 2. The number of benzene rings is 2. The Kier molecular flexibility index (Phi) is 2.27. The molecule has 0 bridgehead atoms. The van der Waals surface area contributed by atoms with Gasteiger partial charge >= 0.3 is 0 Å². The average Bonchev–Trinajstić information content (AvgIpc) is 2.75. The molecule has 0 aliphatic rings. The first kappa shape index (κ1) is 10.2. The Morgan fingerprint density at radius 1 is 1.06 bits per heavy atom. The van der Waals surface area contributed by atoms with Gasteiger partial charge < -0.3 is 10.1 Å². The number of hydrogen-bond donors (Lipinski definition) is 2. The maximum Gasteiger partial charge on any atom is 0.143 e. The first-order chi connectivity index (χ1) is 8.24. The van der Waals surface area contributed by atoms with E-state index in [2.05, 4.69) is 9.97 Å². The smallest absolute Gasteiger partial charge is 0.143 e. The van der Waals surface area contributed by atoms with E-state index in [4.69, 9.17) is 11.6 Å². The standard InChI is InChI=1S/C13H9ClN2O/c14-9-6-4-8(5-7-9)13-15-10-2-1-3-11(17)12(10)16-13/h1-7,17H,(H,15,16). The zero-order valence-corrected chi connectivity index (χ0v) is 9.57. The highest BCUT2D eigenvalue weighted by Gasteiger charge is 2.07. The second-order valence-corrected chi connectivity index (χ2v) is 4.20. The molecule has 84 valence electrons. The molecule has 4 heteroatoms. The van der Waals surface area contributed by atoms with Crippen molar-refractivity contribution in [2.24, 2.45) is 0 Å². The summed E-state index contributed by atoms with van der Waals surface area (Å²) in [6.45, 7) is 0. The maximum absolute atomic E-state index is 9.67. The van der Waals surface area contributed by atoms with Crippen LogP contribution < -0.4 is 0 Å². The Morgan fingerprint density at radius 2 is 1.82 bits per heavy atom. The second-order valence-electron chi connectivity index (χ2n) is 3.77. The Balaban J connectivity index is 2.18. The normalized spacial score (nSPS) is 10.9. The monoisotopic (exact) mass is 244 g/mol. The third kappa shape index (κ3) is 1.74. The number of nitrogens with zero attached hydrogens (tertiary/aromatic N) is 1. The van der Waals surface area contributed by atoms with E-state index < -0.39 is 0 Å². The van der Waals surface area contributed by atoms with Crippen molar-refractivity contribution in [2.45, 2.75) is 0 Å². The van der Waals surface area contributed by atoms with Gasteiger partial charge in [-0.15, -0.1) is 0 Å². The number of H-pyrrole nitrogens is 1. The van der Waals surface area contributed by atoms with E-state index in [0.29, 0.717) is 10.5 Å². The summed E-state index contributed by atoms with van der Waals surface area (Å²) in [5.41, 5.74) is 2.33. The maximum atomic E-state index is 9.67. The molecule has 0 unspecified atom stereocenters. The molecule has 0 saturated carbocycles. The topological polar surface area (TPSA) is 48.9 Å². The van der Waals surface area contributed by atoms with Gasteiger partial charge in [-0.2, -0.15) is 0 Å². The SMILES string of the molecule is Oc1cccc2[nH]c(-c3ccc(Cl)cc3)nc12. The molecule has 3 aromatic rings. The Labute approximate surface area is 103 Å². The lowest BCUT2D eigenvalue weighted by atomic mass is 10.2. The highest BCUT2D eigenvalue weighted by Crippen LogP contribution is 2.26.